The third-order valence-corrected chi connectivity index (χ3v) is 3.64. The van der Waals surface area contributed by atoms with Gasteiger partial charge in [0.05, 0.1) is 6.20 Å². The molecule has 3 aromatic heterocycles. The molecule has 0 aliphatic rings. The molecule has 0 saturated heterocycles. The number of hydrogen-bond acceptors (Lipinski definition) is 7. The van der Waals surface area contributed by atoms with E-state index in [1.54, 1.807) is 36.3 Å². The van der Waals surface area contributed by atoms with Gasteiger partial charge in [0.25, 0.3) is 0 Å². The number of fused-ring (bicyclic) bond motifs is 1. The van der Waals surface area contributed by atoms with Crippen molar-refractivity contribution in [2.45, 2.75) is 19.1 Å². The topological polar surface area (TPSA) is 136 Å². The number of esters is 1. The number of aromatic nitrogens is 4. The van der Waals surface area contributed by atoms with E-state index in [0.717, 1.165) is 0 Å². The maximum atomic E-state index is 12.0. The number of ether oxygens (including phenoxy) is 1. The fraction of sp³-hybridized carbons (Fsp3) is 0.250. The van der Waals surface area contributed by atoms with Crippen molar-refractivity contribution >= 4 is 22.8 Å². The van der Waals surface area contributed by atoms with E-state index in [1.807, 2.05) is 0 Å². The number of hydrogen-bond donors (Lipinski definition) is 3. The lowest BCUT2D eigenvalue weighted by Gasteiger charge is -2.11. The maximum Gasteiger partial charge on any atom is 0.335 e. The van der Waals surface area contributed by atoms with Crippen LogP contribution in [0.2, 0.25) is 0 Å². The number of aryl methyl sites for hydroxylation is 1. The summed E-state index contributed by atoms with van der Waals surface area (Å²) >= 11 is 0. The highest BCUT2D eigenvalue weighted by molar-refractivity contribution is 5.80. The number of nitrogen functional groups attached to an aromatic ring is 1. The van der Waals surface area contributed by atoms with Crippen LogP contribution in [0.15, 0.2) is 35.4 Å². The van der Waals surface area contributed by atoms with E-state index >= 15 is 0 Å². The Balaban J connectivity index is 1.71. The van der Waals surface area contributed by atoms with E-state index in [2.05, 4.69) is 15.1 Å². The number of nitrogens with two attached hydrogens (primary N) is 1. The lowest BCUT2D eigenvalue weighted by Crippen LogP contribution is -2.25. The highest BCUT2D eigenvalue weighted by Gasteiger charge is 2.19. The molecular weight excluding hydrogens is 326 g/mol. The number of carbonyl (C=O) groups is 1. The smallest absolute Gasteiger partial charge is 0.335 e. The SMILES string of the molecule is Cn1cc(CC(O)C(=O)OCc2cc(=O)[nH]c3nc(N)ccc23)cn1. The van der Waals surface area contributed by atoms with E-state index in [4.69, 9.17) is 10.5 Å². The van der Waals surface area contributed by atoms with Gasteiger partial charge in [-0.3, -0.25) is 9.48 Å². The predicted octanol–water partition coefficient (Wildman–Crippen LogP) is -0.114. The Morgan fingerprint density at radius 1 is 1.48 bits per heavy atom. The number of aliphatic hydroxyl groups is 1. The molecule has 0 aliphatic carbocycles. The molecule has 1 atom stereocenters. The molecule has 0 fully saturated rings. The van der Waals surface area contributed by atoms with Gasteiger partial charge in [0, 0.05) is 36.7 Å². The molecule has 3 heterocycles. The van der Waals surface area contributed by atoms with Crippen molar-refractivity contribution in [2.24, 2.45) is 7.05 Å². The van der Waals surface area contributed by atoms with E-state index in [-0.39, 0.29) is 24.4 Å². The summed E-state index contributed by atoms with van der Waals surface area (Å²) < 4.78 is 6.71. The fourth-order valence-corrected chi connectivity index (χ4v) is 2.47. The number of H-pyrrole nitrogens is 1. The number of aliphatic hydroxyl groups excluding tert-OH is 1. The number of anilines is 1. The molecule has 3 aromatic rings. The number of rotatable bonds is 5. The highest BCUT2D eigenvalue weighted by Crippen LogP contribution is 2.16. The minimum Gasteiger partial charge on any atom is -0.459 e. The molecule has 0 amide bonds. The van der Waals surface area contributed by atoms with Crippen molar-refractivity contribution in [3.8, 4) is 0 Å². The van der Waals surface area contributed by atoms with Crippen LogP contribution in [-0.4, -0.2) is 36.9 Å². The Labute approximate surface area is 142 Å². The summed E-state index contributed by atoms with van der Waals surface area (Å²) in [5, 5.41) is 14.5. The molecule has 3 rings (SSSR count). The zero-order valence-corrected chi connectivity index (χ0v) is 13.5. The molecule has 9 heteroatoms. The Bertz CT molecular complexity index is 978. The van der Waals surface area contributed by atoms with Gasteiger partial charge < -0.3 is 20.6 Å². The summed E-state index contributed by atoms with van der Waals surface area (Å²) in [6.07, 6.45) is 2.06. The van der Waals surface area contributed by atoms with Crippen molar-refractivity contribution in [1.82, 2.24) is 19.7 Å². The van der Waals surface area contributed by atoms with Gasteiger partial charge in [0.1, 0.15) is 18.1 Å². The average Bonchev–Trinajstić information content (AvgIpc) is 2.96. The molecule has 9 nitrogen and oxygen atoms in total. The van der Waals surface area contributed by atoms with E-state index in [1.165, 1.54) is 6.07 Å². The van der Waals surface area contributed by atoms with Gasteiger partial charge in [0.15, 0.2) is 6.10 Å². The second-order valence-corrected chi connectivity index (χ2v) is 5.64. The summed E-state index contributed by atoms with van der Waals surface area (Å²) in [5.74, 6) is -0.509. The summed E-state index contributed by atoms with van der Waals surface area (Å²) in [7, 11) is 1.74. The zero-order valence-electron chi connectivity index (χ0n) is 13.5. The van der Waals surface area contributed by atoms with E-state index in [0.29, 0.717) is 22.2 Å². The van der Waals surface area contributed by atoms with Crippen LogP contribution >= 0.6 is 0 Å². The third-order valence-electron chi connectivity index (χ3n) is 3.64. The predicted molar refractivity (Wildman–Crippen MR) is 89.5 cm³/mol. The molecule has 130 valence electrons. The van der Waals surface area contributed by atoms with Crippen LogP contribution in [0.25, 0.3) is 11.0 Å². The second-order valence-electron chi connectivity index (χ2n) is 5.64. The summed E-state index contributed by atoms with van der Waals surface area (Å²) in [6.45, 7) is -0.158. The van der Waals surface area contributed by atoms with Crippen molar-refractivity contribution in [2.75, 3.05) is 5.73 Å². The molecular formula is C16H17N5O4. The van der Waals surface area contributed by atoms with Gasteiger partial charge in [-0.2, -0.15) is 5.10 Å². The van der Waals surface area contributed by atoms with Crippen molar-refractivity contribution in [1.29, 1.82) is 0 Å². The van der Waals surface area contributed by atoms with Crippen LogP contribution < -0.4 is 11.3 Å². The zero-order chi connectivity index (χ0) is 18.0. The molecule has 0 saturated carbocycles. The van der Waals surface area contributed by atoms with Gasteiger partial charge in [-0.25, -0.2) is 9.78 Å². The van der Waals surface area contributed by atoms with Crippen LogP contribution in [0.5, 0.6) is 0 Å². The van der Waals surface area contributed by atoms with Crippen LogP contribution in [0.1, 0.15) is 11.1 Å². The van der Waals surface area contributed by atoms with Gasteiger partial charge in [0.2, 0.25) is 5.56 Å². The molecule has 25 heavy (non-hydrogen) atoms. The standard InChI is InChI=1S/C16H17N5O4/c1-21-7-9(6-18-21)4-12(22)16(24)25-8-10-5-14(23)20-15-11(10)2-3-13(17)19-15/h2-3,5-7,12,22H,4,8H2,1H3,(H3,17,19,20,23). The molecule has 4 N–H and O–H groups in total. The van der Waals surface area contributed by atoms with Gasteiger partial charge >= 0.3 is 5.97 Å². The maximum absolute atomic E-state index is 12.0. The van der Waals surface area contributed by atoms with Gasteiger partial charge in [-0.15, -0.1) is 0 Å². The quantitative estimate of drug-likeness (QED) is 0.550. The third kappa shape index (κ3) is 3.83. The number of carbonyl (C=O) groups excluding carboxylic acids is 1. The van der Waals surface area contributed by atoms with Crippen LogP contribution in [-0.2, 0) is 29.6 Å². The summed E-state index contributed by atoms with van der Waals surface area (Å²) in [5.41, 5.74) is 6.73. The number of aromatic amines is 1. The lowest BCUT2D eigenvalue weighted by atomic mass is 10.1. The van der Waals surface area contributed by atoms with Crippen LogP contribution in [0.4, 0.5) is 5.82 Å². The number of nitrogens with one attached hydrogen (secondary N) is 1. The van der Waals surface area contributed by atoms with Crippen molar-refractivity contribution < 1.29 is 14.6 Å². The first-order chi connectivity index (χ1) is 11.9. The second kappa shape index (κ2) is 6.73. The van der Waals surface area contributed by atoms with E-state index in [9.17, 15) is 14.7 Å². The molecule has 0 spiro atoms. The number of nitrogens with zero attached hydrogens (tertiary/aromatic N) is 3. The minimum absolute atomic E-state index is 0.0981. The monoisotopic (exact) mass is 343 g/mol. The first-order valence-corrected chi connectivity index (χ1v) is 7.53. The first kappa shape index (κ1) is 16.7. The molecule has 0 bridgehead atoms. The lowest BCUT2D eigenvalue weighted by molar-refractivity contribution is -0.154. The molecule has 0 aromatic carbocycles. The Morgan fingerprint density at radius 3 is 3.00 bits per heavy atom. The van der Waals surface area contributed by atoms with Crippen molar-refractivity contribution in [3.05, 3.63) is 52.1 Å². The molecule has 0 aliphatic heterocycles. The Kier molecular flexibility index (Phi) is 4.48. The fourth-order valence-electron chi connectivity index (χ4n) is 2.47. The molecule has 0 radical (unpaired) electrons. The summed E-state index contributed by atoms with van der Waals surface area (Å²) in [4.78, 5) is 30.3. The molecule has 1 unspecified atom stereocenters. The van der Waals surface area contributed by atoms with Crippen LogP contribution in [0, 0.1) is 0 Å². The van der Waals surface area contributed by atoms with Gasteiger partial charge in [-0.1, -0.05) is 0 Å². The Morgan fingerprint density at radius 2 is 2.28 bits per heavy atom. The normalized spacial score (nSPS) is 12.2. The highest BCUT2D eigenvalue weighted by atomic mass is 16.5. The Hall–Kier alpha value is -3.20. The van der Waals surface area contributed by atoms with Crippen LogP contribution in [0.3, 0.4) is 0 Å². The van der Waals surface area contributed by atoms with E-state index < -0.39 is 12.1 Å². The first-order valence-electron chi connectivity index (χ1n) is 7.53. The number of pyridine rings is 2. The average molecular weight is 343 g/mol. The largest absolute Gasteiger partial charge is 0.459 e. The summed E-state index contributed by atoms with van der Waals surface area (Å²) in [6, 6.07) is 4.59. The minimum atomic E-state index is -1.31. The van der Waals surface area contributed by atoms with Crippen molar-refractivity contribution in [3.63, 3.8) is 0 Å². The van der Waals surface area contributed by atoms with Gasteiger partial charge in [-0.05, 0) is 17.7 Å².